The minimum atomic E-state index is -2.87. The first kappa shape index (κ1) is 11.4. The Morgan fingerprint density at radius 1 is 1.36 bits per heavy atom. The molecule has 0 radical (unpaired) electrons. The van der Waals surface area contributed by atoms with E-state index >= 15 is 0 Å². The zero-order valence-corrected chi connectivity index (χ0v) is 8.66. The van der Waals surface area contributed by atoms with Gasteiger partial charge in [-0.1, -0.05) is 0 Å². The molecule has 0 bridgehead atoms. The molecule has 1 amide bonds. The fourth-order valence-electron chi connectivity index (χ4n) is 1.30. The van der Waals surface area contributed by atoms with Crippen molar-refractivity contribution in [3.63, 3.8) is 0 Å². The molecular weight excluding hydrogens is 206 g/mol. The molecule has 6 nitrogen and oxygen atoms in total. The van der Waals surface area contributed by atoms with Crippen molar-refractivity contribution in [1.29, 1.82) is 0 Å². The topological polar surface area (TPSA) is 106 Å². The number of nitrogens with two attached hydrogens (primary N) is 2. The summed E-state index contributed by atoms with van der Waals surface area (Å²) >= 11 is 0. The molecule has 7 heteroatoms. The van der Waals surface area contributed by atoms with Crippen molar-refractivity contribution in [2.24, 2.45) is 11.5 Å². The molecule has 1 heterocycles. The zero-order valence-electron chi connectivity index (χ0n) is 7.85. The molecule has 4 N–H and O–H groups in total. The van der Waals surface area contributed by atoms with Gasteiger partial charge in [0, 0.05) is 19.6 Å². The van der Waals surface area contributed by atoms with Crippen molar-refractivity contribution < 1.29 is 13.2 Å². The van der Waals surface area contributed by atoms with Gasteiger partial charge in [-0.2, -0.15) is 0 Å². The SMILES string of the molecule is NC(=O)C(N)CN1CCS(=O)(=O)CC1. The molecule has 0 aliphatic carbocycles. The normalized spacial score (nSPS) is 24.4. The highest BCUT2D eigenvalue weighted by molar-refractivity contribution is 7.91. The van der Waals surface area contributed by atoms with Crippen molar-refractivity contribution in [3.8, 4) is 0 Å². The van der Waals surface area contributed by atoms with Gasteiger partial charge < -0.3 is 11.5 Å². The van der Waals surface area contributed by atoms with Gasteiger partial charge in [-0.15, -0.1) is 0 Å². The van der Waals surface area contributed by atoms with E-state index < -0.39 is 21.8 Å². The number of carbonyl (C=O) groups excluding carboxylic acids is 1. The highest BCUT2D eigenvalue weighted by Gasteiger charge is 2.23. The van der Waals surface area contributed by atoms with E-state index in [4.69, 9.17) is 11.5 Å². The summed E-state index contributed by atoms with van der Waals surface area (Å²) in [4.78, 5) is 12.5. The van der Waals surface area contributed by atoms with Crippen molar-refractivity contribution in [1.82, 2.24) is 4.90 Å². The lowest BCUT2D eigenvalue weighted by Crippen LogP contribution is -2.50. The smallest absolute Gasteiger partial charge is 0.235 e. The van der Waals surface area contributed by atoms with Crippen LogP contribution in [0.15, 0.2) is 0 Å². The Balaban J connectivity index is 2.40. The van der Waals surface area contributed by atoms with E-state index in [0.717, 1.165) is 0 Å². The Labute approximate surface area is 83.1 Å². The summed E-state index contributed by atoms with van der Waals surface area (Å²) in [7, 11) is -2.87. The molecule has 1 saturated heterocycles. The van der Waals surface area contributed by atoms with Crippen LogP contribution in [0.3, 0.4) is 0 Å². The minimum absolute atomic E-state index is 0.137. The highest BCUT2D eigenvalue weighted by atomic mass is 32.2. The highest BCUT2D eigenvalue weighted by Crippen LogP contribution is 2.03. The summed E-state index contributed by atoms with van der Waals surface area (Å²) in [5.74, 6) is -0.282. The minimum Gasteiger partial charge on any atom is -0.368 e. The number of sulfone groups is 1. The van der Waals surface area contributed by atoms with Gasteiger partial charge in [0.15, 0.2) is 9.84 Å². The molecule has 0 spiro atoms. The second kappa shape index (κ2) is 4.24. The van der Waals surface area contributed by atoms with Crippen LogP contribution in [0.2, 0.25) is 0 Å². The predicted octanol–water partition coefficient (Wildman–Crippen LogP) is -2.47. The van der Waals surface area contributed by atoms with Gasteiger partial charge in [0.05, 0.1) is 17.5 Å². The Morgan fingerprint density at radius 3 is 2.29 bits per heavy atom. The summed E-state index contributed by atoms with van der Waals surface area (Å²) in [6, 6.07) is -0.712. The number of hydrogen-bond donors (Lipinski definition) is 2. The van der Waals surface area contributed by atoms with Crippen LogP contribution < -0.4 is 11.5 Å². The number of nitrogens with zero attached hydrogens (tertiary/aromatic N) is 1. The second-order valence-corrected chi connectivity index (χ2v) is 5.76. The second-order valence-electron chi connectivity index (χ2n) is 3.46. The quantitative estimate of drug-likeness (QED) is 0.549. The van der Waals surface area contributed by atoms with Crippen LogP contribution in [-0.2, 0) is 14.6 Å². The number of amides is 1. The average molecular weight is 221 g/mol. The van der Waals surface area contributed by atoms with Crippen LogP contribution in [0.5, 0.6) is 0 Å². The molecule has 0 saturated carbocycles. The van der Waals surface area contributed by atoms with Gasteiger partial charge in [-0.25, -0.2) is 8.42 Å². The molecule has 1 rings (SSSR count). The molecule has 1 fully saturated rings. The average Bonchev–Trinajstić information content (AvgIpc) is 2.08. The van der Waals surface area contributed by atoms with Crippen LogP contribution in [0.1, 0.15) is 0 Å². The van der Waals surface area contributed by atoms with E-state index in [-0.39, 0.29) is 11.5 Å². The van der Waals surface area contributed by atoms with Gasteiger partial charge in [-0.3, -0.25) is 9.69 Å². The monoisotopic (exact) mass is 221 g/mol. The maximum Gasteiger partial charge on any atom is 0.235 e. The summed E-state index contributed by atoms with van der Waals surface area (Å²) in [6.45, 7) is 1.21. The van der Waals surface area contributed by atoms with E-state index in [0.29, 0.717) is 19.6 Å². The lowest BCUT2D eigenvalue weighted by Gasteiger charge is -2.27. The first-order valence-corrected chi connectivity index (χ1v) is 6.20. The molecule has 0 aromatic heterocycles. The van der Waals surface area contributed by atoms with Crippen LogP contribution in [0.4, 0.5) is 0 Å². The lowest BCUT2D eigenvalue weighted by molar-refractivity contribution is -0.119. The Hall–Kier alpha value is -0.660. The van der Waals surface area contributed by atoms with Crippen molar-refractivity contribution >= 4 is 15.7 Å². The molecule has 82 valence electrons. The van der Waals surface area contributed by atoms with Gasteiger partial charge in [0.1, 0.15) is 0 Å². The molecule has 1 unspecified atom stereocenters. The van der Waals surface area contributed by atoms with Crippen molar-refractivity contribution in [2.75, 3.05) is 31.1 Å². The van der Waals surface area contributed by atoms with Crippen molar-refractivity contribution in [2.45, 2.75) is 6.04 Å². The van der Waals surface area contributed by atoms with Crippen LogP contribution in [-0.4, -0.2) is 56.4 Å². The number of primary amides is 1. The molecule has 1 atom stereocenters. The summed E-state index contributed by atoms with van der Waals surface area (Å²) in [5, 5.41) is 0. The van der Waals surface area contributed by atoms with Gasteiger partial charge >= 0.3 is 0 Å². The maximum absolute atomic E-state index is 11.1. The fourth-order valence-corrected chi connectivity index (χ4v) is 2.58. The summed E-state index contributed by atoms with van der Waals surface area (Å²) in [6.07, 6.45) is 0. The van der Waals surface area contributed by atoms with E-state index in [2.05, 4.69) is 0 Å². The zero-order chi connectivity index (χ0) is 10.8. The largest absolute Gasteiger partial charge is 0.368 e. The van der Waals surface area contributed by atoms with Crippen molar-refractivity contribution in [3.05, 3.63) is 0 Å². The summed E-state index contributed by atoms with van der Waals surface area (Å²) < 4.78 is 22.1. The Bertz CT molecular complexity index is 300. The Morgan fingerprint density at radius 2 is 1.86 bits per heavy atom. The molecule has 0 aromatic rings. The van der Waals surface area contributed by atoms with E-state index in [9.17, 15) is 13.2 Å². The molecule has 0 aromatic carbocycles. The number of carbonyl (C=O) groups is 1. The Kier molecular flexibility index (Phi) is 3.46. The number of rotatable bonds is 3. The number of hydrogen-bond acceptors (Lipinski definition) is 5. The van der Waals surface area contributed by atoms with Gasteiger partial charge in [0.2, 0.25) is 5.91 Å². The van der Waals surface area contributed by atoms with E-state index in [1.54, 1.807) is 0 Å². The molecule has 14 heavy (non-hydrogen) atoms. The molecular formula is C7H15N3O3S. The fraction of sp³-hybridized carbons (Fsp3) is 0.857. The van der Waals surface area contributed by atoms with Crippen LogP contribution in [0.25, 0.3) is 0 Å². The maximum atomic E-state index is 11.1. The van der Waals surface area contributed by atoms with Crippen LogP contribution >= 0.6 is 0 Å². The third kappa shape index (κ3) is 3.24. The first-order chi connectivity index (χ1) is 6.41. The van der Waals surface area contributed by atoms with Gasteiger partial charge in [0.25, 0.3) is 0 Å². The predicted molar refractivity (Wildman–Crippen MR) is 52.3 cm³/mol. The third-order valence-corrected chi connectivity index (χ3v) is 3.87. The summed E-state index contributed by atoms with van der Waals surface area (Å²) in [5.41, 5.74) is 10.4. The first-order valence-electron chi connectivity index (χ1n) is 4.38. The lowest BCUT2D eigenvalue weighted by atomic mass is 10.2. The third-order valence-electron chi connectivity index (χ3n) is 2.26. The van der Waals surface area contributed by atoms with Crippen LogP contribution in [0, 0.1) is 0 Å². The van der Waals surface area contributed by atoms with E-state index in [1.807, 2.05) is 4.90 Å². The molecule has 1 aliphatic rings. The van der Waals surface area contributed by atoms with E-state index in [1.165, 1.54) is 0 Å². The standard InChI is InChI=1S/C7H15N3O3S/c8-6(7(9)11)5-10-1-3-14(12,13)4-2-10/h6H,1-5,8H2,(H2,9,11). The van der Waals surface area contributed by atoms with Gasteiger partial charge in [-0.05, 0) is 0 Å². The molecule has 1 aliphatic heterocycles.